The number of nitrogens with one attached hydrogen (secondary N) is 1. The van der Waals surface area contributed by atoms with Crippen molar-refractivity contribution in [2.75, 3.05) is 13.1 Å². The van der Waals surface area contributed by atoms with Gasteiger partial charge < -0.3 is 5.11 Å². The average Bonchev–Trinajstić information content (AvgIpc) is 2.16. The molecule has 0 aliphatic heterocycles. The fraction of sp³-hybridized carbons (Fsp3) is 0.900. The van der Waals surface area contributed by atoms with Crippen molar-refractivity contribution in [3.05, 3.63) is 0 Å². The largest absolute Gasteiger partial charge is 0.481 e. The Hall–Kier alpha value is -0.660. The van der Waals surface area contributed by atoms with Crippen LogP contribution in [0.5, 0.6) is 0 Å². The van der Waals surface area contributed by atoms with Gasteiger partial charge in [0, 0.05) is 19.1 Å². The summed E-state index contributed by atoms with van der Waals surface area (Å²) in [6.45, 7) is 7.79. The van der Waals surface area contributed by atoms with Crippen molar-refractivity contribution in [2.45, 2.75) is 40.2 Å². The third kappa shape index (κ3) is 5.47. The number of aliphatic carboxylic acids is 1. The van der Waals surface area contributed by atoms with Crippen molar-refractivity contribution in [2.24, 2.45) is 5.92 Å². The Balaban J connectivity index is 4.80. The van der Waals surface area contributed by atoms with E-state index in [-0.39, 0.29) is 12.3 Å². The molecule has 6 nitrogen and oxygen atoms in total. The summed E-state index contributed by atoms with van der Waals surface area (Å²) in [7, 11) is -3.59. The molecule has 0 spiro atoms. The third-order valence-electron chi connectivity index (χ3n) is 2.54. The van der Waals surface area contributed by atoms with Gasteiger partial charge >= 0.3 is 5.97 Å². The van der Waals surface area contributed by atoms with Crippen LogP contribution < -0.4 is 4.72 Å². The lowest BCUT2D eigenvalue weighted by molar-refractivity contribution is -0.137. The van der Waals surface area contributed by atoms with E-state index in [2.05, 4.69) is 4.72 Å². The molecule has 1 atom stereocenters. The predicted octanol–water partition coefficient (Wildman–Crippen LogP) is 0.662. The second-order valence-electron chi connectivity index (χ2n) is 4.16. The van der Waals surface area contributed by atoms with E-state index in [0.717, 1.165) is 0 Å². The molecule has 0 aromatic carbocycles. The predicted molar refractivity (Wildman–Crippen MR) is 65.9 cm³/mol. The Morgan fingerprint density at radius 1 is 1.29 bits per heavy atom. The van der Waals surface area contributed by atoms with Gasteiger partial charge in [-0.05, 0) is 5.92 Å². The number of carbonyl (C=O) groups is 1. The first-order valence-electron chi connectivity index (χ1n) is 5.73. The molecule has 2 N–H and O–H groups in total. The van der Waals surface area contributed by atoms with E-state index < -0.39 is 22.2 Å². The van der Waals surface area contributed by atoms with Gasteiger partial charge in [0.1, 0.15) is 0 Å². The number of carboxylic acid groups (broad SMARTS) is 1. The second-order valence-corrected chi connectivity index (χ2v) is 5.86. The zero-order valence-electron chi connectivity index (χ0n) is 10.8. The van der Waals surface area contributed by atoms with Gasteiger partial charge in [0.15, 0.2) is 0 Å². The highest BCUT2D eigenvalue weighted by Gasteiger charge is 2.26. The van der Waals surface area contributed by atoms with Crippen molar-refractivity contribution >= 4 is 16.2 Å². The maximum absolute atomic E-state index is 11.9. The van der Waals surface area contributed by atoms with E-state index in [1.54, 1.807) is 27.7 Å². The summed E-state index contributed by atoms with van der Waals surface area (Å²) >= 11 is 0. The van der Waals surface area contributed by atoms with Gasteiger partial charge in [0.05, 0.1) is 6.42 Å². The summed E-state index contributed by atoms with van der Waals surface area (Å²) in [5.41, 5.74) is 0. The molecule has 1 unspecified atom stereocenters. The SMILES string of the molecule is CCN(CC)S(=O)(=O)NC(CC(=O)O)C(C)C. The number of carboxylic acids is 1. The summed E-state index contributed by atoms with van der Waals surface area (Å²) in [5, 5.41) is 8.73. The smallest absolute Gasteiger partial charge is 0.304 e. The van der Waals surface area contributed by atoms with Crippen molar-refractivity contribution in [1.82, 2.24) is 9.03 Å². The molecular weight excluding hydrogens is 244 g/mol. The Kier molecular flexibility index (Phi) is 6.66. The van der Waals surface area contributed by atoms with Crippen molar-refractivity contribution < 1.29 is 18.3 Å². The summed E-state index contributed by atoms with van der Waals surface area (Å²) in [4.78, 5) is 10.7. The van der Waals surface area contributed by atoms with E-state index in [4.69, 9.17) is 5.11 Å². The summed E-state index contributed by atoms with van der Waals surface area (Å²) in [6, 6.07) is -0.585. The molecule has 0 saturated carbocycles. The molecule has 0 rings (SSSR count). The quantitative estimate of drug-likeness (QED) is 0.675. The maximum atomic E-state index is 11.9. The molecular formula is C10H22N2O4S. The first-order chi connectivity index (χ1) is 7.74. The van der Waals surface area contributed by atoms with Crippen LogP contribution in [0, 0.1) is 5.92 Å². The first kappa shape index (κ1) is 16.3. The fourth-order valence-electron chi connectivity index (χ4n) is 1.43. The highest BCUT2D eigenvalue weighted by atomic mass is 32.2. The summed E-state index contributed by atoms with van der Waals surface area (Å²) in [5.74, 6) is -1.08. The molecule has 0 aromatic rings. The summed E-state index contributed by atoms with van der Waals surface area (Å²) in [6.07, 6.45) is -0.210. The average molecular weight is 266 g/mol. The van der Waals surface area contributed by atoms with Crippen LogP contribution in [0.2, 0.25) is 0 Å². The molecule has 0 heterocycles. The highest BCUT2D eigenvalue weighted by molar-refractivity contribution is 7.87. The Labute approximate surface area is 103 Å². The monoisotopic (exact) mass is 266 g/mol. The van der Waals surface area contributed by atoms with E-state index in [1.165, 1.54) is 4.31 Å². The number of hydrogen-bond acceptors (Lipinski definition) is 3. The Morgan fingerprint density at radius 2 is 1.76 bits per heavy atom. The minimum absolute atomic E-state index is 0.0727. The van der Waals surface area contributed by atoms with Crippen LogP contribution in [-0.2, 0) is 15.0 Å². The van der Waals surface area contributed by atoms with Gasteiger partial charge in [-0.1, -0.05) is 27.7 Å². The number of nitrogens with zero attached hydrogens (tertiary/aromatic N) is 1. The lowest BCUT2D eigenvalue weighted by Crippen LogP contribution is -2.47. The number of hydrogen-bond donors (Lipinski definition) is 2. The van der Waals surface area contributed by atoms with Gasteiger partial charge in [0.25, 0.3) is 10.2 Å². The van der Waals surface area contributed by atoms with E-state index >= 15 is 0 Å². The van der Waals surface area contributed by atoms with Crippen LogP contribution >= 0.6 is 0 Å². The fourth-order valence-corrected chi connectivity index (χ4v) is 3.00. The van der Waals surface area contributed by atoms with Crippen molar-refractivity contribution in [1.29, 1.82) is 0 Å². The molecule has 0 saturated heterocycles. The molecule has 0 aliphatic rings. The topological polar surface area (TPSA) is 86.7 Å². The van der Waals surface area contributed by atoms with E-state index in [9.17, 15) is 13.2 Å². The van der Waals surface area contributed by atoms with Gasteiger partial charge in [-0.15, -0.1) is 0 Å². The molecule has 7 heteroatoms. The molecule has 0 amide bonds. The Morgan fingerprint density at radius 3 is 2.06 bits per heavy atom. The lowest BCUT2D eigenvalue weighted by Gasteiger charge is -2.25. The maximum Gasteiger partial charge on any atom is 0.304 e. The van der Waals surface area contributed by atoms with Gasteiger partial charge in [-0.3, -0.25) is 4.79 Å². The van der Waals surface area contributed by atoms with E-state index in [1.807, 2.05) is 0 Å². The van der Waals surface area contributed by atoms with Crippen LogP contribution in [0.4, 0.5) is 0 Å². The molecule has 0 fully saturated rings. The molecule has 0 radical (unpaired) electrons. The van der Waals surface area contributed by atoms with Gasteiger partial charge in [-0.2, -0.15) is 17.4 Å². The first-order valence-corrected chi connectivity index (χ1v) is 7.17. The normalized spacial score (nSPS) is 14.2. The molecule has 0 aromatic heterocycles. The molecule has 0 bridgehead atoms. The standard InChI is InChI=1S/C10H22N2O4S/c1-5-12(6-2)17(15,16)11-9(8(3)4)7-10(13)14/h8-9,11H,5-7H2,1-4H3,(H,13,14). The third-order valence-corrected chi connectivity index (χ3v) is 4.34. The van der Waals surface area contributed by atoms with Crippen LogP contribution in [0.3, 0.4) is 0 Å². The second kappa shape index (κ2) is 6.93. The molecule has 0 aliphatic carbocycles. The van der Waals surface area contributed by atoms with Crippen molar-refractivity contribution in [3.63, 3.8) is 0 Å². The highest BCUT2D eigenvalue weighted by Crippen LogP contribution is 2.09. The number of rotatable bonds is 8. The minimum atomic E-state index is -3.59. The van der Waals surface area contributed by atoms with Crippen LogP contribution in [0.1, 0.15) is 34.1 Å². The molecule has 17 heavy (non-hydrogen) atoms. The van der Waals surface area contributed by atoms with Crippen LogP contribution in [0.25, 0.3) is 0 Å². The van der Waals surface area contributed by atoms with Crippen molar-refractivity contribution in [3.8, 4) is 0 Å². The Bertz CT molecular complexity index is 336. The minimum Gasteiger partial charge on any atom is -0.481 e. The van der Waals surface area contributed by atoms with Gasteiger partial charge in [-0.25, -0.2) is 0 Å². The van der Waals surface area contributed by atoms with Crippen LogP contribution in [-0.4, -0.2) is 42.9 Å². The summed E-state index contributed by atoms with van der Waals surface area (Å²) < 4.78 is 27.5. The zero-order valence-corrected chi connectivity index (χ0v) is 11.6. The van der Waals surface area contributed by atoms with Crippen LogP contribution in [0.15, 0.2) is 0 Å². The van der Waals surface area contributed by atoms with Gasteiger partial charge in [0.2, 0.25) is 0 Å². The molecule has 102 valence electrons. The zero-order chi connectivity index (χ0) is 13.6. The lowest BCUT2D eigenvalue weighted by atomic mass is 10.0. The van der Waals surface area contributed by atoms with E-state index in [0.29, 0.717) is 13.1 Å².